The van der Waals surface area contributed by atoms with Crippen LogP contribution >= 0.6 is 7.60 Å². The summed E-state index contributed by atoms with van der Waals surface area (Å²) in [5, 5.41) is 14.5. The normalized spacial score (nSPS) is 16.3. The Bertz CT molecular complexity index is 706. The van der Waals surface area contributed by atoms with Crippen molar-refractivity contribution in [3.05, 3.63) is 48.1 Å². The Morgan fingerprint density at radius 3 is 2.59 bits per heavy atom. The van der Waals surface area contributed by atoms with Gasteiger partial charge in [-0.25, -0.2) is 18.4 Å². The second-order valence-corrected chi connectivity index (χ2v) is 6.86. The lowest BCUT2D eigenvalue weighted by Gasteiger charge is -2.34. The minimum atomic E-state index is -4.77. The third-order valence-corrected chi connectivity index (χ3v) is 4.90. The number of aliphatic hydroxyl groups is 1. The highest BCUT2D eigenvalue weighted by Crippen LogP contribution is 2.50. The van der Waals surface area contributed by atoms with Crippen LogP contribution in [-0.4, -0.2) is 35.3 Å². The molecule has 0 unspecified atom stereocenters. The molecule has 0 spiro atoms. The third kappa shape index (κ3) is 3.22. The Kier molecular flexibility index (Phi) is 4.44. The topological polar surface area (TPSA) is 108 Å². The Morgan fingerprint density at radius 1 is 1.41 bits per heavy atom. The molecule has 0 aliphatic rings. The molecule has 0 bridgehead atoms. The molecule has 0 saturated heterocycles. The van der Waals surface area contributed by atoms with Crippen molar-refractivity contribution in [2.75, 3.05) is 0 Å². The first kappa shape index (κ1) is 16.7. The maximum atomic E-state index is 14.0. The molecular weight excluding hydrogens is 319 g/mol. The van der Waals surface area contributed by atoms with Crippen molar-refractivity contribution in [2.45, 2.75) is 24.7 Å². The van der Waals surface area contributed by atoms with Gasteiger partial charge in [-0.3, -0.25) is 4.57 Å². The molecule has 0 aliphatic heterocycles. The molecule has 0 radical (unpaired) electrons. The molecule has 3 N–H and O–H groups in total. The molecule has 0 saturated carbocycles. The fourth-order valence-electron chi connectivity index (χ4n) is 2.12. The van der Waals surface area contributed by atoms with E-state index in [1.807, 2.05) is 0 Å². The van der Waals surface area contributed by atoms with E-state index >= 15 is 0 Å². The predicted molar refractivity (Wildman–Crippen MR) is 71.8 cm³/mol. The van der Waals surface area contributed by atoms with Crippen LogP contribution in [0.5, 0.6) is 0 Å². The second-order valence-electron chi connectivity index (χ2n) is 4.91. The van der Waals surface area contributed by atoms with Gasteiger partial charge in [0, 0.05) is 11.6 Å². The Labute approximate surface area is 124 Å². The Morgan fingerprint density at radius 2 is 2.09 bits per heavy atom. The first-order valence-electron chi connectivity index (χ1n) is 6.20. The van der Waals surface area contributed by atoms with Crippen molar-refractivity contribution in [2.24, 2.45) is 0 Å². The van der Waals surface area contributed by atoms with Crippen molar-refractivity contribution in [1.29, 1.82) is 0 Å². The van der Waals surface area contributed by atoms with Crippen LogP contribution in [0.2, 0.25) is 0 Å². The number of rotatable bonds is 5. The third-order valence-electron chi connectivity index (χ3n) is 3.46. The van der Waals surface area contributed by atoms with Crippen molar-refractivity contribution in [3.8, 4) is 0 Å². The average Bonchev–Trinajstić information content (AvgIpc) is 2.89. The van der Waals surface area contributed by atoms with Crippen LogP contribution in [0.3, 0.4) is 0 Å². The summed E-state index contributed by atoms with van der Waals surface area (Å²) in [5.74, 6) is -1.98. The highest BCUT2D eigenvalue weighted by Gasteiger charge is 2.47. The summed E-state index contributed by atoms with van der Waals surface area (Å²) >= 11 is 0. The first-order chi connectivity index (χ1) is 10.1. The highest BCUT2D eigenvalue weighted by molar-refractivity contribution is 7.52. The minimum absolute atomic E-state index is 0.430. The quantitative estimate of drug-likeness (QED) is 0.705. The monoisotopic (exact) mass is 333 g/mol. The molecule has 0 aliphatic carbocycles. The maximum Gasteiger partial charge on any atom is 0.331 e. The molecule has 7 nitrogen and oxygen atoms in total. The summed E-state index contributed by atoms with van der Waals surface area (Å²) in [7, 11) is -4.77. The maximum absolute atomic E-state index is 14.0. The van der Waals surface area contributed by atoms with Crippen LogP contribution in [0.15, 0.2) is 30.9 Å². The van der Waals surface area contributed by atoms with Gasteiger partial charge in [0.15, 0.2) is 0 Å². The van der Waals surface area contributed by atoms with Crippen LogP contribution in [0.4, 0.5) is 8.78 Å². The molecule has 2 atom stereocenters. The van der Waals surface area contributed by atoms with Gasteiger partial charge in [0.05, 0.1) is 12.2 Å². The van der Waals surface area contributed by atoms with Gasteiger partial charge in [-0.05, 0) is 13.0 Å². The molecule has 1 aromatic heterocycles. The Hall–Kier alpha value is -1.67. The number of hydrogen-bond acceptors (Lipinski definition) is 4. The average molecular weight is 333 g/mol. The first-order valence-corrected chi connectivity index (χ1v) is 7.88. The van der Waals surface area contributed by atoms with Crippen LogP contribution in [0.1, 0.15) is 12.5 Å². The largest absolute Gasteiger partial charge is 0.382 e. The zero-order valence-corrected chi connectivity index (χ0v) is 12.4. The summed E-state index contributed by atoms with van der Waals surface area (Å²) < 4.78 is 39.7. The highest BCUT2D eigenvalue weighted by atomic mass is 31.2. The van der Waals surface area contributed by atoms with E-state index in [-0.39, 0.29) is 0 Å². The lowest BCUT2D eigenvalue weighted by Crippen LogP contribution is -2.42. The van der Waals surface area contributed by atoms with Crippen LogP contribution < -0.4 is 0 Å². The van der Waals surface area contributed by atoms with Gasteiger partial charge >= 0.3 is 7.60 Å². The SMILES string of the molecule is C[C@H]([C@](O)(Cn1cncn1)c1ccc(F)cc1F)P(=O)(O)O. The summed E-state index contributed by atoms with van der Waals surface area (Å²) in [5.41, 5.74) is -4.38. The van der Waals surface area contributed by atoms with Gasteiger partial charge in [-0.1, -0.05) is 6.07 Å². The molecule has 0 fully saturated rings. The van der Waals surface area contributed by atoms with E-state index < -0.39 is 42.6 Å². The molecule has 2 rings (SSSR count). The van der Waals surface area contributed by atoms with E-state index in [2.05, 4.69) is 10.1 Å². The van der Waals surface area contributed by atoms with Gasteiger partial charge in [0.2, 0.25) is 0 Å². The second kappa shape index (κ2) is 5.85. The zero-order valence-electron chi connectivity index (χ0n) is 11.5. The lowest BCUT2D eigenvalue weighted by atomic mass is 9.90. The fourth-order valence-corrected chi connectivity index (χ4v) is 2.90. The zero-order chi connectivity index (χ0) is 16.5. The number of hydrogen-bond donors (Lipinski definition) is 3. The standard InChI is InChI=1S/C12H14F2N3O4P/c1-8(22(19,20)21)12(18,5-17-7-15-6-16-17)10-3-2-9(13)4-11(10)14/h2-4,6-8,18H,5H2,1H3,(H2,19,20,21)/t8-,12-/m1/s1. The van der Waals surface area contributed by atoms with Crippen LogP contribution in [0.25, 0.3) is 0 Å². The number of benzene rings is 1. The molecule has 120 valence electrons. The number of nitrogens with zero attached hydrogens (tertiary/aromatic N) is 3. The van der Waals surface area contributed by atoms with Crippen molar-refractivity contribution in [3.63, 3.8) is 0 Å². The number of halogens is 2. The molecule has 22 heavy (non-hydrogen) atoms. The van der Waals surface area contributed by atoms with E-state index in [1.54, 1.807) is 0 Å². The van der Waals surface area contributed by atoms with Crippen LogP contribution in [-0.2, 0) is 16.7 Å². The Balaban J connectivity index is 2.56. The molecule has 1 heterocycles. The minimum Gasteiger partial charge on any atom is -0.382 e. The molecular formula is C12H14F2N3O4P. The summed E-state index contributed by atoms with van der Waals surface area (Å²) in [6, 6.07) is 2.39. The van der Waals surface area contributed by atoms with Gasteiger partial charge in [0.25, 0.3) is 0 Å². The smallest absolute Gasteiger partial charge is 0.331 e. The van der Waals surface area contributed by atoms with Gasteiger partial charge in [-0.15, -0.1) is 0 Å². The van der Waals surface area contributed by atoms with Gasteiger partial charge in [0.1, 0.15) is 29.9 Å². The van der Waals surface area contributed by atoms with E-state index in [4.69, 9.17) is 0 Å². The summed E-state index contributed by atoms with van der Waals surface area (Å²) in [6.45, 7) is 0.627. The van der Waals surface area contributed by atoms with Crippen molar-refractivity contribution < 1.29 is 28.2 Å². The molecule has 10 heteroatoms. The number of aromatic nitrogens is 3. The summed E-state index contributed by atoms with van der Waals surface area (Å²) in [4.78, 5) is 22.4. The van der Waals surface area contributed by atoms with Crippen molar-refractivity contribution >= 4 is 7.60 Å². The molecule has 1 aromatic carbocycles. The van der Waals surface area contributed by atoms with Crippen molar-refractivity contribution in [1.82, 2.24) is 14.8 Å². The molecule has 2 aromatic rings. The van der Waals surface area contributed by atoms with Gasteiger partial charge in [-0.2, -0.15) is 5.10 Å². The van der Waals surface area contributed by atoms with E-state index in [1.165, 1.54) is 6.33 Å². The van der Waals surface area contributed by atoms with E-state index in [0.29, 0.717) is 6.07 Å². The van der Waals surface area contributed by atoms with E-state index in [0.717, 1.165) is 30.1 Å². The summed E-state index contributed by atoms with van der Waals surface area (Å²) in [6.07, 6.45) is 2.36. The molecule has 0 amide bonds. The lowest BCUT2D eigenvalue weighted by molar-refractivity contribution is 0.00512. The van der Waals surface area contributed by atoms with Gasteiger partial charge < -0.3 is 14.9 Å². The van der Waals surface area contributed by atoms with E-state index in [9.17, 15) is 28.2 Å². The van der Waals surface area contributed by atoms with Crippen LogP contribution in [0, 0.1) is 11.6 Å². The predicted octanol–water partition coefficient (Wildman–Crippen LogP) is 1.01. The fraction of sp³-hybridized carbons (Fsp3) is 0.333.